The standard InChI is InChI=1S/C48H30O/c1-3-12-31(13-4-1)38-20-11-21-45-48(38)43-30-36(26-27-44(43)49-45)34-22-23-35-29-37(25-24-33(35)28-34)47-41-18-9-7-16-39(41)46(32-14-5-2-6-15-32)40-17-8-10-19-42(40)47/h1-30H/i1D,2D,3D,4D,5D,6D,7D,8D,9D,10D,11D,12D,13D,14D,15D,16D,17D,18D,19D,20D,21D,22D,23D,24D,25D,26D,27D,28D,29D,30D. The molecule has 10 aromatic rings. The summed E-state index contributed by atoms with van der Waals surface area (Å²) in [6.07, 6.45) is 0. The average molecular weight is 653 g/mol. The van der Waals surface area contributed by atoms with E-state index in [2.05, 4.69) is 0 Å². The van der Waals surface area contributed by atoms with Crippen LogP contribution in [-0.4, -0.2) is 0 Å². The molecule has 0 spiro atoms. The van der Waals surface area contributed by atoms with Crippen LogP contribution in [0.5, 0.6) is 0 Å². The molecule has 1 heterocycles. The maximum atomic E-state index is 9.78. The van der Waals surface area contributed by atoms with Crippen LogP contribution in [0.4, 0.5) is 0 Å². The Balaban J connectivity index is 1.39. The number of hydrogen-bond acceptors (Lipinski definition) is 1. The molecule has 0 aliphatic carbocycles. The van der Waals surface area contributed by atoms with Gasteiger partial charge in [-0.25, -0.2) is 0 Å². The minimum absolute atomic E-state index is 0.509. The highest BCUT2D eigenvalue weighted by Gasteiger charge is 2.17. The summed E-state index contributed by atoms with van der Waals surface area (Å²) in [7, 11) is 0. The number of hydrogen-bond donors (Lipinski definition) is 0. The van der Waals surface area contributed by atoms with E-state index < -0.39 is 280 Å². The highest BCUT2D eigenvalue weighted by atomic mass is 16.3. The number of rotatable bonds is 4. The maximum Gasteiger partial charge on any atom is 0.136 e. The van der Waals surface area contributed by atoms with Crippen molar-refractivity contribution in [3.8, 4) is 44.5 Å². The fourth-order valence-corrected chi connectivity index (χ4v) is 5.77. The van der Waals surface area contributed by atoms with Gasteiger partial charge in [0.15, 0.2) is 0 Å². The second kappa shape index (κ2) is 11.1. The first-order valence-corrected chi connectivity index (χ1v) is 14.4. The van der Waals surface area contributed by atoms with Crippen molar-refractivity contribution in [1.29, 1.82) is 0 Å². The summed E-state index contributed by atoms with van der Waals surface area (Å²) in [5.74, 6) is 0. The average Bonchev–Trinajstić information content (AvgIpc) is 4.04. The van der Waals surface area contributed by atoms with Crippen LogP contribution in [0, 0.1) is 0 Å². The Bertz CT molecular complexity index is 4460. The van der Waals surface area contributed by atoms with Crippen molar-refractivity contribution in [2.45, 2.75) is 0 Å². The lowest BCUT2D eigenvalue weighted by Gasteiger charge is -2.18. The van der Waals surface area contributed by atoms with Gasteiger partial charge in [0.05, 0.1) is 41.1 Å². The molecule has 0 bridgehead atoms. The van der Waals surface area contributed by atoms with Gasteiger partial charge in [-0.1, -0.05) is 151 Å². The van der Waals surface area contributed by atoms with Gasteiger partial charge in [0.2, 0.25) is 0 Å². The van der Waals surface area contributed by atoms with Crippen LogP contribution in [0.1, 0.15) is 41.1 Å². The lowest BCUT2D eigenvalue weighted by atomic mass is 9.85. The molecule has 0 saturated heterocycles. The summed E-state index contributed by atoms with van der Waals surface area (Å²) >= 11 is 0. The zero-order chi connectivity index (χ0) is 58.4. The van der Waals surface area contributed by atoms with E-state index in [4.69, 9.17) is 29.1 Å². The summed E-state index contributed by atoms with van der Waals surface area (Å²) in [4.78, 5) is 0. The van der Waals surface area contributed by atoms with Crippen LogP contribution in [0.3, 0.4) is 0 Å². The normalized spacial score (nSPS) is 20.2. The van der Waals surface area contributed by atoms with E-state index in [0.29, 0.717) is 0 Å². The van der Waals surface area contributed by atoms with Crippen LogP contribution in [0.15, 0.2) is 186 Å². The van der Waals surface area contributed by atoms with Gasteiger partial charge < -0.3 is 4.42 Å². The van der Waals surface area contributed by atoms with Crippen molar-refractivity contribution in [2.75, 3.05) is 0 Å². The van der Waals surface area contributed by atoms with Crippen molar-refractivity contribution in [3.63, 3.8) is 0 Å². The highest BCUT2D eigenvalue weighted by Crippen LogP contribution is 2.44. The molecular formula is C48H30O. The largest absolute Gasteiger partial charge is 0.456 e. The Hall–Kier alpha value is -6.44. The lowest BCUT2D eigenvalue weighted by molar-refractivity contribution is 0.669. The molecule has 0 saturated carbocycles. The van der Waals surface area contributed by atoms with E-state index in [9.17, 15) is 16.4 Å². The fourth-order valence-electron chi connectivity index (χ4n) is 5.77. The topological polar surface area (TPSA) is 13.1 Å². The van der Waals surface area contributed by atoms with E-state index in [1.165, 1.54) is 0 Å². The van der Waals surface area contributed by atoms with Gasteiger partial charge >= 0.3 is 0 Å². The molecule has 0 fully saturated rings. The molecular weight excluding hydrogens is 593 g/mol. The molecule has 0 aliphatic heterocycles. The lowest BCUT2D eigenvalue weighted by Crippen LogP contribution is -1.90. The first-order valence-electron chi connectivity index (χ1n) is 29.4. The minimum atomic E-state index is -1.10. The van der Waals surface area contributed by atoms with Gasteiger partial charge in [0.25, 0.3) is 0 Å². The van der Waals surface area contributed by atoms with Crippen LogP contribution in [-0.2, 0) is 0 Å². The number of fused-ring (bicyclic) bond motifs is 6. The van der Waals surface area contributed by atoms with Gasteiger partial charge in [-0.2, -0.15) is 0 Å². The Morgan fingerprint density at radius 3 is 1.49 bits per heavy atom. The Morgan fingerprint density at radius 2 is 0.837 bits per heavy atom. The van der Waals surface area contributed by atoms with E-state index in [0.717, 1.165) is 0 Å². The van der Waals surface area contributed by atoms with Gasteiger partial charge in [-0.3, -0.25) is 0 Å². The highest BCUT2D eigenvalue weighted by molar-refractivity contribution is 6.22. The first-order chi connectivity index (χ1) is 36.8. The van der Waals surface area contributed by atoms with Crippen molar-refractivity contribution in [1.82, 2.24) is 0 Å². The molecule has 1 aromatic heterocycles. The van der Waals surface area contributed by atoms with Crippen molar-refractivity contribution in [3.05, 3.63) is 181 Å². The third-order valence-corrected chi connectivity index (χ3v) is 7.82. The van der Waals surface area contributed by atoms with Crippen LogP contribution < -0.4 is 0 Å². The van der Waals surface area contributed by atoms with Gasteiger partial charge in [-0.15, -0.1) is 0 Å². The quantitative estimate of drug-likeness (QED) is 0.172. The Kier molecular flexibility index (Phi) is 2.50. The van der Waals surface area contributed by atoms with E-state index in [-0.39, 0.29) is 0 Å². The smallest absolute Gasteiger partial charge is 0.136 e. The SMILES string of the molecule is [2H]c1c([2H])c([2H])c(-c2c3c([2H])c([2H])c([2H])c([2H])c3c(-c3c([2H])c([2H])c4c([2H])c(-c5c([2H])c([2H])c6oc7c([2H])c([2H])c([2H])c(-c8c([2H])c([2H])c([2H])c([2H])c8[2H])c7c6c5[2H])c([2H])c([2H])c4c3[2H])c3c([2H])c([2H])c([2H])c([2H])c23)c([2H])c1[2H]. The zero-order valence-electron chi connectivity index (χ0n) is 54.4. The molecule has 0 radical (unpaired) electrons. The third kappa shape index (κ3) is 4.47. The molecule has 9 aromatic carbocycles. The molecule has 0 amide bonds. The van der Waals surface area contributed by atoms with Crippen molar-refractivity contribution in [2.24, 2.45) is 0 Å². The van der Waals surface area contributed by atoms with E-state index in [1.807, 2.05) is 0 Å². The van der Waals surface area contributed by atoms with Crippen LogP contribution in [0.25, 0.3) is 98.8 Å². The molecule has 0 unspecified atom stereocenters. The zero-order valence-corrected chi connectivity index (χ0v) is 24.4. The predicted octanol–water partition coefficient (Wildman–Crippen LogP) is 13.7. The summed E-state index contributed by atoms with van der Waals surface area (Å²) < 4.78 is 275. The number of benzene rings is 9. The summed E-state index contributed by atoms with van der Waals surface area (Å²) in [5.41, 5.74) is -7.25. The Labute approximate surface area is 326 Å². The van der Waals surface area contributed by atoms with Gasteiger partial charge in [0, 0.05) is 10.8 Å². The third-order valence-electron chi connectivity index (χ3n) is 7.82. The van der Waals surface area contributed by atoms with Gasteiger partial charge in [-0.05, 0) is 107 Å². The minimum Gasteiger partial charge on any atom is -0.456 e. The molecule has 10 rings (SSSR count). The first kappa shape index (κ1) is 11.1. The second-order valence-corrected chi connectivity index (χ2v) is 10.5. The van der Waals surface area contributed by atoms with Crippen molar-refractivity contribution >= 4 is 54.3 Å². The van der Waals surface area contributed by atoms with E-state index >= 15 is 0 Å². The van der Waals surface area contributed by atoms with Crippen LogP contribution >= 0.6 is 0 Å². The van der Waals surface area contributed by atoms with Gasteiger partial charge in [0.1, 0.15) is 11.2 Å². The van der Waals surface area contributed by atoms with E-state index in [1.54, 1.807) is 0 Å². The summed E-state index contributed by atoms with van der Waals surface area (Å²) in [6, 6.07) is -28.5. The molecule has 0 N–H and O–H groups in total. The molecule has 0 atom stereocenters. The molecule has 1 nitrogen and oxygen atoms in total. The molecule has 49 heavy (non-hydrogen) atoms. The van der Waals surface area contributed by atoms with Crippen LogP contribution in [0.2, 0.25) is 0 Å². The molecule has 0 aliphatic rings. The fraction of sp³-hybridized carbons (Fsp3) is 0. The molecule has 1 heteroatoms. The number of furan rings is 1. The second-order valence-electron chi connectivity index (χ2n) is 10.5. The monoisotopic (exact) mass is 652 g/mol. The maximum absolute atomic E-state index is 9.78. The molecule has 228 valence electrons. The predicted molar refractivity (Wildman–Crippen MR) is 208 cm³/mol. The summed E-state index contributed by atoms with van der Waals surface area (Å²) in [5, 5.41) is -5.56. The summed E-state index contributed by atoms with van der Waals surface area (Å²) in [6.45, 7) is 0. The Morgan fingerprint density at radius 1 is 0.327 bits per heavy atom. The van der Waals surface area contributed by atoms with Crippen molar-refractivity contribution < 1.29 is 45.5 Å².